The summed E-state index contributed by atoms with van der Waals surface area (Å²) in [5.74, 6) is -1.62. The van der Waals surface area contributed by atoms with Gasteiger partial charge in [0.15, 0.2) is 6.61 Å². The van der Waals surface area contributed by atoms with Crippen molar-refractivity contribution in [1.82, 2.24) is 5.32 Å². The Kier molecular flexibility index (Phi) is 4.53. The summed E-state index contributed by atoms with van der Waals surface area (Å²) in [5.41, 5.74) is -0.691. The lowest BCUT2D eigenvalue weighted by Crippen LogP contribution is -2.38. The zero-order valence-electron chi connectivity index (χ0n) is 12.3. The molecule has 1 aromatic carbocycles. The average Bonchev–Trinajstić information content (AvgIpc) is 3.26. The van der Waals surface area contributed by atoms with Crippen molar-refractivity contribution >= 4 is 11.9 Å². The summed E-state index contributed by atoms with van der Waals surface area (Å²) in [6.07, 6.45) is -3.79. The van der Waals surface area contributed by atoms with Crippen LogP contribution in [0.1, 0.15) is 31.4 Å². The van der Waals surface area contributed by atoms with Crippen LogP contribution in [0.25, 0.3) is 0 Å². The Balaban J connectivity index is 1.94. The number of amides is 1. The number of hydrogen-bond acceptors (Lipinski definition) is 3. The minimum atomic E-state index is -4.41. The van der Waals surface area contributed by atoms with Crippen LogP contribution < -0.4 is 10.1 Å². The van der Waals surface area contributed by atoms with Crippen LogP contribution >= 0.6 is 0 Å². The first-order chi connectivity index (χ1) is 10.6. The third-order valence-corrected chi connectivity index (χ3v) is 3.72. The topological polar surface area (TPSA) is 75.6 Å². The number of hydrogen-bond donors (Lipinski definition) is 2. The Bertz CT molecular complexity index is 594. The van der Waals surface area contributed by atoms with E-state index in [1.807, 2.05) is 0 Å². The van der Waals surface area contributed by atoms with Crippen molar-refractivity contribution in [2.24, 2.45) is 5.41 Å². The molecule has 0 aromatic heterocycles. The molecular formula is C15H16F3NO4. The summed E-state index contributed by atoms with van der Waals surface area (Å²) in [7, 11) is 0. The van der Waals surface area contributed by atoms with Crippen LogP contribution in [0.5, 0.6) is 5.75 Å². The second-order valence-electron chi connectivity index (χ2n) is 5.56. The van der Waals surface area contributed by atoms with Crippen molar-refractivity contribution in [2.45, 2.75) is 32.0 Å². The predicted molar refractivity (Wildman–Crippen MR) is 73.9 cm³/mol. The van der Waals surface area contributed by atoms with Gasteiger partial charge < -0.3 is 15.2 Å². The molecule has 0 bridgehead atoms. The highest BCUT2D eigenvalue weighted by Crippen LogP contribution is 2.46. The molecule has 2 rings (SSSR count). The monoisotopic (exact) mass is 331 g/mol. The van der Waals surface area contributed by atoms with Gasteiger partial charge in [0.25, 0.3) is 0 Å². The van der Waals surface area contributed by atoms with Crippen molar-refractivity contribution in [3.8, 4) is 5.75 Å². The van der Waals surface area contributed by atoms with E-state index >= 15 is 0 Å². The first-order valence-corrected chi connectivity index (χ1v) is 6.98. The van der Waals surface area contributed by atoms with Gasteiger partial charge in [-0.2, -0.15) is 13.2 Å². The minimum absolute atomic E-state index is 0.0637. The highest BCUT2D eigenvalue weighted by Gasteiger charge is 2.57. The molecule has 1 aromatic rings. The third-order valence-electron chi connectivity index (χ3n) is 3.72. The molecule has 0 saturated heterocycles. The lowest BCUT2D eigenvalue weighted by molar-refractivity contribution is -0.153. The molecule has 1 aliphatic carbocycles. The molecule has 0 aliphatic heterocycles. The van der Waals surface area contributed by atoms with Gasteiger partial charge in [-0.05, 0) is 37.5 Å². The fraction of sp³-hybridized carbons (Fsp3) is 0.467. The maximum Gasteiger partial charge on any atom is 0.422 e. The number of alkyl halides is 3. The van der Waals surface area contributed by atoms with E-state index in [2.05, 4.69) is 10.1 Å². The molecule has 0 spiro atoms. The number of carbonyl (C=O) groups excluding carboxylic acids is 1. The van der Waals surface area contributed by atoms with Crippen LogP contribution in [-0.4, -0.2) is 29.8 Å². The van der Waals surface area contributed by atoms with Crippen molar-refractivity contribution in [2.75, 3.05) is 6.61 Å². The fourth-order valence-electron chi connectivity index (χ4n) is 2.10. The smallest absolute Gasteiger partial charge is 0.422 e. The van der Waals surface area contributed by atoms with E-state index in [1.165, 1.54) is 24.3 Å². The number of rotatable bonds is 6. The normalized spacial score (nSPS) is 17.2. The Morgan fingerprint density at radius 1 is 1.30 bits per heavy atom. The molecule has 1 atom stereocenters. The lowest BCUT2D eigenvalue weighted by atomic mass is 10.0. The number of halogens is 3. The van der Waals surface area contributed by atoms with Crippen molar-refractivity contribution in [3.63, 3.8) is 0 Å². The third kappa shape index (κ3) is 4.14. The van der Waals surface area contributed by atoms with Crippen LogP contribution in [0.4, 0.5) is 13.2 Å². The SMILES string of the molecule is CC(NC(=O)C1(C(=O)O)CC1)c1ccc(OCC(F)(F)F)cc1. The highest BCUT2D eigenvalue weighted by atomic mass is 19.4. The summed E-state index contributed by atoms with van der Waals surface area (Å²) in [5, 5.41) is 11.7. The summed E-state index contributed by atoms with van der Waals surface area (Å²) in [6.45, 7) is 0.293. The van der Waals surface area contributed by atoms with E-state index in [1.54, 1.807) is 6.92 Å². The molecule has 23 heavy (non-hydrogen) atoms. The van der Waals surface area contributed by atoms with Crippen molar-refractivity contribution < 1.29 is 32.6 Å². The van der Waals surface area contributed by atoms with Gasteiger partial charge in [0.1, 0.15) is 11.2 Å². The fourth-order valence-corrected chi connectivity index (χ4v) is 2.10. The highest BCUT2D eigenvalue weighted by molar-refractivity contribution is 6.04. The number of ether oxygens (including phenoxy) is 1. The van der Waals surface area contributed by atoms with Gasteiger partial charge in [-0.25, -0.2) is 0 Å². The molecule has 5 nitrogen and oxygen atoms in total. The zero-order valence-corrected chi connectivity index (χ0v) is 12.3. The molecule has 2 N–H and O–H groups in total. The maximum absolute atomic E-state index is 12.1. The average molecular weight is 331 g/mol. The van der Waals surface area contributed by atoms with E-state index in [9.17, 15) is 22.8 Å². The summed E-state index contributed by atoms with van der Waals surface area (Å²) < 4.78 is 40.8. The molecule has 0 heterocycles. The number of carbonyl (C=O) groups is 2. The summed E-state index contributed by atoms with van der Waals surface area (Å²) in [6, 6.07) is 5.33. The van der Waals surface area contributed by atoms with E-state index in [0.29, 0.717) is 18.4 Å². The van der Waals surface area contributed by atoms with Crippen LogP contribution in [-0.2, 0) is 9.59 Å². The maximum atomic E-state index is 12.1. The Labute approximate surface area is 130 Å². The molecular weight excluding hydrogens is 315 g/mol. The molecule has 8 heteroatoms. The quantitative estimate of drug-likeness (QED) is 0.786. The number of carboxylic acid groups (broad SMARTS) is 1. The van der Waals surface area contributed by atoms with Gasteiger partial charge in [0.2, 0.25) is 5.91 Å². The Hall–Kier alpha value is -2.25. The van der Waals surface area contributed by atoms with Gasteiger partial charge >= 0.3 is 12.1 Å². The lowest BCUT2D eigenvalue weighted by Gasteiger charge is -2.18. The standard InChI is InChI=1S/C15H16F3NO4/c1-9(19-12(20)14(6-7-14)13(21)22)10-2-4-11(5-3-10)23-8-15(16,17)18/h2-5,9H,6-8H2,1H3,(H,19,20)(H,21,22). The molecule has 126 valence electrons. The first-order valence-electron chi connectivity index (χ1n) is 6.98. The molecule has 1 fully saturated rings. The molecule has 1 aliphatic rings. The molecule has 1 unspecified atom stereocenters. The number of aliphatic carboxylic acids is 1. The second-order valence-corrected chi connectivity index (χ2v) is 5.56. The summed E-state index contributed by atoms with van der Waals surface area (Å²) in [4.78, 5) is 23.1. The molecule has 0 radical (unpaired) electrons. The van der Waals surface area contributed by atoms with E-state index < -0.39 is 36.1 Å². The zero-order chi connectivity index (χ0) is 17.3. The Morgan fingerprint density at radius 3 is 2.30 bits per heavy atom. The van der Waals surface area contributed by atoms with E-state index in [4.69, 9.17) is 5.11 Å². The predicted octanol–water partition coefficient (Wildman–Crippen LogP) is 2.67. The van der Waals surface area contributed by atoms with Gasteiger partial charge in [0, 0.05) is 0 Å². The number of benzene rings is 1. The van der Waals surface area contributed by atoms with Crippen LogP contribution in [0.3, 0.4) is 0 Å². The van der Waals surface area contributed by atoms with E-state index in [-0.39, 0.29) is 5.75 Å². The van der Waals surface area contributed by atoms with Gasteiger partial charge in [-0.15, -0.1) is 0 Å². The van der Waals surface area contributed by atoms with Crippen LogP contribution in [0.2, 0.25) is 0 Å². The molecule has 1 amide bonds. The summed E-state index contributed by atoms with van der Waals surface area (Å²) >= 11 is 0. The minimum Gasteiger partial charge on any atom is -0.484 e. The van der Waals surface area contributed by atoms with Crippen LogP contribution in [0, 0.1) is 5.41 Å². The van der Waals surface area contributed by atoms with Crippen molar-refractivity contribution in [3.05, 3.63) is 29.8 Å². The van der Waals surface area contributed by atoms with Gasteiger partial charge in [-0.3, -0.25) is 9.59 Å². The van der Waals surface area contributed by atoms with E-state index in [0.717, 1.165) is 0 Å². The van der Waals surface area contributed by atoms with Gasteiger partial charge in [-0.1, -0.05) is 12.1 Å². The number of nitrogens with one attached hydrogen (secondary N) is 1. The largest absolute Gasteiger partial charge is 0.484 e. The second kappa shape index (κ2) is 6.10. The van der Waals surface area contributed by atoms with Crippen LogP contribution in [0.15, 0.2) is 24.3 Å². The van der Waals surface area contributed by atoms with Crippen molar-refractivity contribution in [1.29, 1.82) is 0 Å². The van der Waals surface area contributed by atoms with Gasteiger partial charge in [0.05, 0.1) is 6.04 Å². The molecule has 1 saturated carbocycles. The number of carboxylic acids is 1. The Morgan fingerprint density at radius 2 is 1.87 bits per heavy atom. The first kappa shape index (κ1) is 17.1.